The molecule has 90 valence electrons. The van der Waals surface area contributed by atoms with E-state index in [0.29, 0.717) is 0 Å². The minimum atomic E-state index is -2.04. The molecule has 7 heteroatoms. The molecule has 1 aliphatic heterocycles. The molecule has 1 rings (SSSR count). The van der Waals surface area contributed by atoms with Gasteiger partial charge in [-0.25, -0.2) is 0 Å². The lowest BCUT2D eigenvalue weighted by Crippen LogP contribution is -2.47. The molecule has 7 nitrogen and oxygen atoms in total. The van der Waals surface area contributed by atoms with Crippen LogP contribution >= 0.6 is 0 Å². The van der Waals surface area contributed by atoms with Crippen LogP contribution in [0.5, 0.6) is 0 Å². The maximum atomic E-state index is 9.71. The second kappa shape index (κ2) is 5.17. The normalized spacial score (nSPS) is 41.0. The van der Waals surface area contributed by atoms with Crippen molar-refractivity contribution >= 4 is 0 Å². The molecule has 1 fully saturated rings. The molecular formula is C8H16O7. The molecule has 0 spiro atoms. The van der Waals surface area contributed by atoms with Crippen molar-refractivity contribution in [2.45, 2.75) is 24.1 Å². The minimum absolute atomic E-state index is 0.0156. The van der Waals surface area contributed by atoms with Crippen molar-refractivity contribution in [3.05, 3.63) is 0 Å². The Bertz CT molecular complexity index is 199. The number of hydrogen-bond donors (Lipinski definition) is 5. The standard InChI is InChI=1S/C8H16O7/c9-1-2-14-4-8(13)7(12)6(11)5(3-10)15-8/h5-7,9-13H,1-4H2/t5-,6-,7+,8+/m1/s1. The van der Waals surface area contributed by atoms with Crippen molar-refractivity contribution in [3.8, 4) is 0 Å². The van der Waals surface area contributed by atoms with E-state index in [-0.39, 0.29) is 19.8 Å². The second-order valence-corrected chi connectivity index (χ2v) is 3.40. The predicted molar refractivity (Wildman–Crippen MR) is 46.8 cm³/mol. The van der Waals surface area contributed by atoms with Crippen LogP contribution in [0.2, 0.25) is 0 Å². The fourth-order valence-electron chi connectivity index (χ4n) is 1.42. The predicted octanol–water partition coefficient (Wildman–Crippen LogP) is -3.20. The van der Waals surface area contributed by atoms with Crippen LogP contribution in [-0.2, 0) is 9.47 Å². The van der Waals surface area contributed by atoms with E-state index in [0.717, 1.165) is 0 Å². The molecule has 0 aromatic rings. The lowest BCUT2D eigenvalue weighted by molar-refractivity contribution is -0.255. The Morgan fingerprint density at radius 3 is 2.40 bits per heavy atom. The van der Waals surface area contributed by atoms with Crippen LogP contribution in [0.3, 0.4) is 0 Å². The monoisotopic (exact) mass is 224 g/mol. The van der Waals surface area contributed by atoms with Crippen molar-refractivity contribution in [1.29, 1.82) is 0 Å². The summed E-state index contributed by atoms with van der Waals surface area (Å²) < 4.78 is 9.67. The number of aliphatic hydroxyl groups excluding tert-OH is 4. The smallest absolute Gasteiger partial charge is 0.219 e. The first-order valence-corrected chi connectivity index (χ1v) is 4.61. The van der Waals surface area contributed by atoms with E-state index in [1.165, 1.54) is 0 Å². The summed E-state index contributed by atoms with van der Waals surface area (Å²) in [5.41, 5.74) is 0. The van der Waals surface area contributed by atoms with E-state index in [1.807, 2.05) is 0 Å². The van der Waals surface area contributed by atoms with Gasteiger partial charge in [0.1, 0.15) is 24.9 Å². The van der Waals surface area contributed by atoms with Gasteiger partial charge in [0.05, 0.1) is 19.8 Å². The zero-order chi connectivity index (χ0) is 11.5. The average Bonchev–Trinajstić information content (AvgIpc) is 2.44. The Morgan fingerprint density at radius 1 is 1.27 bits per heavy atom. The lowest BCUT2D eigenvalue weighted by atomic mass is 10.1. The third kappa shape index (κ3) is 2.64. The van der Waals surface area contributed by atoms with E-state index < -0.39 is 30.7 Å². The van der Waals surface area contributed by atoms with E-state index >= 15 is 0 Å². The molecule has 1 saturated heterocycles. The van der Waals surface area contributed by atoms with Crippen LogP contribution in [0.15, 0.2) is 0 Å². The van der Waals surface area contributed by atoms with Gasteiger partial charge in [0.25, 0.3) is 0 Å². The molecule has 0 saturated carbocycles. The van der Waals surface area contributed by atoms with Crippen molar-refractivity contribution in [2.75, 3.05) is 26.4 Å². The molecule has 0 aromatic heterocycles. The summed E-state index contributed by atoms with van der Waals surface area (Å²) >= 11 is 0. The Kier molecular flexibility index (Phi) is 4.41. The third-order valence-corrected chi connectivity index (χ3v) is 2.25. The topological polar surface area (TPSA) is 120 Å². The van der Waals surface area contributed by atoms with Gasteiger partial charge in [-0.2, -0.15) is 0 Å². The van der Waals surface area contributed by atoms with E-state index in [1.54, 1.807) is 0 Å². The summed E-state index contributed by atoms with van der Waals surface area (Å²) in [6, 6.07) is 0. The van der Waals surface area contributed by atoms with Crippen LogP contribution in [0.4, 0.5) is 0 Å². The van der Waals surface area contributed by atoms with Gasteiger partial charge in [0.15, 0.2) is 0 Å². The van der Waals surface area contributed by atoms with E-state index in [4.69, 9.17) is 19.7 Å². The highest BCUT2D eigenvalue weighted by atomic mass is 16.7. The molecular weight excluding hydrogens is 208 g/mol. The van der Waals surface area contributed by atoms with Crippen LogP contribution in [0, 0.1) is 0 Å². The molecule has 0 amide bonds. The Hall–Kier alpha value is -0.280. The van der Waals surface area contributed by atoms with Crippen molar-refractivity contribution in [2.24, 2.45) is 0 Å². The summed E-state index contributed by atoms with van der Waals surface area (Å²) in [6.07, 6.45) is -3.95. The lowest BCUT2D eigenvalue weighted by Gasteiger charge is -2.25. The first-order chi connectivity index (χ1) is 7.05. The number of rotatable bonds is 5. The van der Waals surface area contributed by atoms with Crippen LogP contribution < -0.4 is 0 Å². The maximum Gasteiger partial charge on any atom is 0.219 e. The summed E-state index contributed by atoms with van der Waals surface area (Å²) in [7, 11) is 0. The molecule has 0 radical (unpaired) electrons. The van der Waals surface area contributed by atoms with Crippen molar-refractivity contribution in [3.63, 3.8) is 0 Å². The molecule has 5 N–H and O–H groups in total. The highest BCUT2D eigenvalue weighted by Crippen LogP contribution is 2.29. The molecule has 1 heterocycles. The Balaban J connectivity index is 2.53. The molecule has 0 aromatic carbocycles. The minimum Gasteiger partial charge on any atom is -0.394 e. The Labute approximate surface area is 86.5 Å². The van der Waals surface area contributed by atoms with Gasteiger partial charge in [-0.15, -0.1) is 0 Å². The van der Waals surface area contributed by atoms with Gasteiger partial charge in [0.2, 0.25) is 5.79 Å². The fraction of sp³-hybridized carbons (Fsp3) is 1.00. The Morgan fingerprint density at radius 2 is 1.93 bits per heavy atom. The van der Waals surface area contributed by atoms with Gasteiger partial charge in [0, 0.05) is 0 Å². The zero-order valence-electron chi connectivity index (χ0n) is 8.11. The van der Waals surface area contributed by atoms with Gasteiger partial charge in [-0.05, 0) is 0 Å². The van der Waals surface area contributed by atoms with E-state index in [9.17, 15) is 15.3 Å². The second-order valence-electron chi connectivity index (χ2n) is 3.40. The van der Waals surface area contributed by atoms with Crippen molar-refractivity contribution in [1.82, 2.24) is 0 Å². The molecule has 0 aliphatic carbocycles. The van der Waals surface area contributed by atoms with Gasteiger partial charge < -0.3 is 35.0 Å². The van der Waals surface area contributed by atoms with Crippen LogP contribution in [0.1, 0.15) is 0 Å². The molecule has 0 unspecified atom stereocenters. The SMILES string of the molecule is OCCOC[C@]1(O)O[C@H](CO)[C@@H](O)[C@@H]1O. The number of ether oxygens (including phenoxy) is 2. The number of hydrogen-bond acceptors (Lipinski definition) is 7. The molecule has 0 bridgehead atoms. The quantitative estimate of drug-likeness (QED) is 0.312. The molecule has 1 aliphatic rings. The van der Waals surface area contributed by atoms with Crippen molar-refractivity contribution < 1.29 is 35.0 Å². The van der Waals surface area contributed by atoms with Gasteiger partial charge in [-0.1, -0.05) is 0 Å². The largest absolute Gasteiger partial charge is 0.394 e. The maximum absolute atomic E-state index is 9.71. The first-order valence-electron chi connectivity index (χ1n) is 4.61. The molecule has 15 heavy (non-hydrogen) atoms. The van der Waals surface area contributed by atoms with E-state index in [2.05, 4.69) is 0 Å². The highest BCUT2D eigenvalue weighted by molar-refractivity contribution is 4.95. The molecule has 4 atom stereocenters. The fourth-order valence-corrected chi connectivity index (χ4v) is 1.42. The highest BCUT2D eigenvalue weighted by Gasteiger charge is 2.53. The first kappa shape index (κ1) is 12.8. The van der Waals surface area contributed by atoms with Crippen LogP contribution in [-0.4, -0.2) is 76.1 Å². The summed E-state index contributed by atoms with van der Waals surface area (Å²) in [5, 5.41) is 45.7. The number of aliphatic hydroxyl groups is 5. The average molecular weight is 224 g/mol. The third-order valence-electron chi connectivity index (χ3n) is 2.25. The van der Waals surface area contributed by atoms with Crippen LogP contribution in [0.25, 0.3) is 0 Å². The van der Waals surface area contributed by atoms with Gasteiger partial charge >= 0.3 is 0 Å². The zero-order valence-corrected chi connectivity index (χ0v) is 8.11. The van der Waals surface area contributed by atoms with Gasteiger partial charge in [-0.3, -0.25) is 0 Å². The summed E-state index contributed by atoms with van der Waals surface area (Å²) in [4.78, 5) is 0. The summed E-state index contributed by atoms with van der Waals surface area (Å²) in [6.45, 7) is -1.14. The summed E-state index contributed by atoms with van der Waals surface area (Å²) in [5.74, 6) is -2.04.